The van der Waals surface area contributed by atoms with E-state index < -0.39 is 5.82 Å². The van der Waals surface area contributed by atoms with Gasteiger partial charge in [0, 0.05) is 19.2 Å². The fraction of sp³-hybridized carbons (Fsp3) is 0.231. The lowest BCUT2D eigenvalue weighted by atomic mass is 10.2. The summed E-state index contributed by atoms with van der Waals surface area (Å²) in [7, 11) is 0. The maximum Gasteiger partial charge on any atom is 0.247 e. The van der Waals surface area contributed by atoms with Crippen LogP contribution in [0.5, 0.6) is 0 Å². The molecule has 0 unspecified atom stereocenters. The van der Waals surface area contributed by atoms with Crippen molar-refractivity contribution < 1.29 is 14.0 Å². The second kappa shape index (κ2) is 5.84. The van der Waals surface area contributed by atoms with Crippen LogP contribution in [0.2, 0.25) is 5.02 Å². The number of nitrogens with zero attached hydrogens (tertiary/aromatic N) is 1. The van der Waals surface area contributed by atoms with Gasteiger partial charge in [-0.3, -0.25) is 9.59 Å². The smallest absolute Gasteiger partial charge is 0.247 e. The molecule has 2 rings (SSSR count). The Hall–Kier alpha value is -1.88. The Morgan fingerprint density at radius 1 is 1.47 bits per heavy atom. The Balaban J connectivity index is 2.03. The first-order valence-electron chi connectivity index (χ1n) is 5.75. The van der Waals surface area contributed by atoms with E-state index in [-0.39, 0.29) is 23.4 Å². The molecule has 1 aromatic carbocycles. The molecule has 19 heavy (non-hydrogen) atoms. The third-order valence-electron chi connectivity index (χ3n) is 2.71. The minimum absolute atomic E-state index is 0.00643. The van der Waals surface area contributed by atoms with E-state index in [0.29, 0.717) is 18.7 Å². The molecule has 2 amide bonds. The second-order valence-electron chi connectivity index (χ2n) is 4.12. The van der Waals surface area contributed by atoms with Gasteiger partial charge >= 0.3 is 0 Å². The Morgan fingerprint density at radius 2 is 2.26 bits per heavy atom. The molecule has 1 N–H and O–H groups in total. The zero-order valence-electron chi connectivity index (χ0n) is 10.0. The molecule has 0 aromatic heterocycles. The van der Waals surface area contributed by atoms with Crippen molar-refractivity contribution in [3.63, 3.8) is 0 Å². The number of hydrogen-bond acceptors (Lipinski definition) is 2. The highest BCUT2D eigenvalue weighted by molar-refractivity contribution is 6.30. The van der Waals surface area contributed by atoms with Crippen molar-refractivity contribution in [2.45, 2.75) is 0 Å². The highest BCUT2D eigenvalue weighted by atomic mass is 35.5. The van der Waals surface area contributed by atoms with Crippen molar-refractivity contribution in [3.8, 4) is 0 Å². The number of rotatable bonds is 2. The topological polar surface area (TPSA) is 49.4 Å². The normalized spacial score (nSPS) is 15.7. The largest absolute Gasteiger partial charge is 0.353 e. The van der Waals surface area contributed by atoms with E-state index >= 15 is 0 Å². The summed E-state index contributed by atoms with van der Waals surface area (Å²) in [6.45, 7) is 1.01. The maximum atomic E-state index is 13.0. The van der Waals surface area contributed by atoms with Gasteiger partial charge in [-0.1, -0.05) is 17.7 Å². The van der Waals surface area contributed by atoms with Crippen LogP contribution in [0.15, 0.2) is 24.3 Å². The quantitative estimate of drug-likeness (QED) is 0.835. The molecule has 0 spiro atoms. The van der Waals surface area contributed by atoms with Crippen LogP contribution in [-0.4, -0.2) is 36.3 Å². The first kappa shape index (κ1) is 13.5. The number of nitrogens with one attached hydrogen (secondary N) is 1. The van der Waals surface area contributed by atoms with Crippen molar-refractivity contribution in [1.82, 2.24) is 10.2 Å². The van der Waals surface area contributed by atoms with Crippen LogP contribution in [-0.2, 0) is 9.59 Å². The molecule has 1 aliphatic rings. The Morgan fingerprint density at radius 3 is 2.95 bits per heavy atom. The average Bonchev–Trinajstić information content (AvgIpc) is 2.40. The predicted molar refractivity (Wildman–Crippen MR) is 70.0 cm³/mol. The summed E-state index contributed by atoms with van der Waals surface area (Å²) in [5.74, 6) is -0.925. The number of hydrogen-bond donors (Lipinski definition) is 1. The lowest BCUT2D eigenvalue weighted by Gasteiger charge is -2.25. The van der Waals surface area contributed by atoms with Gasteiger partial charge in [0.1, 0.15) is 5.82 Å². The lowest BCUT2D eigenvalue weighted by molar-refractivity contribution is -0.134. The molecule has 1 aromatic rings. The van der Waals surface area contributed by atoms with Crippen LogP contribution in [0.1, 0.15) is 5.56 Å². The fourth-order valence-electron chi connectivity index (χ4n) is 1.72. The van der Waals surface area contributed by atoms with E-state index in [1.807, 2.05) is 0 Å². The summed E-state index contributed by atoms with van der Waals surface area (Å²) < 4.78 is 13.0. The molecule has 1 aliphatic heterocycles. The molecule has 1 saturated heterocycles. The maximum absolute atomic E-state index is 13.0. The Kier molecular flexibility index (Phi) is 4.16. The molecule has 0 saturated carbocycles. The van der Waals surface area contributed by atoms with E-state index in [4.69, 9.17) is 11.6 Å². The van der Waals surface area contributed by atoms with Crippen molar-refractivity contribution in [1.29, 1.82) is 0 Å². The molecule has 6 heteroatoms. The zero-order chi connectivity index (χ0) is 13.8. The molecule has 100 valence electrons. The van der Waals surface area contributed by atoms with Crippen LogP contribution in [0.25, 0.3) is 6.08 Å². The highest BCUT2D eigenvalue weighted by Crippen LogP contribution is 2.16. The monoisotopic (exact) mass is 282 g/mol. The highest BCUT2D eigenvalue weighted by Gasteiger charge is 2.18. The van der Waals surface area contributed by atoms with E-state index in [2.05, 4.69) is 5.32 Å². The standard InChI is InChI=1S/C13H12ClFN2O2/c14-10-7-9(1-3-11(10)15)2-4-13(19)17-6-5-16-12(18)8-17/h1-4,7H,5-6,8H2,(H,16,18)/b4-2+. The predicted octanol–water partition coefficient (Wildman–Crippen LogP) is 1.45. The lowest BCUT2D eigenvalue weighted by Crippen LogP contribution is -2.49. The summed E-state index contributed by atoms with van der Waals surface area (Å²) in [5, 5.41) is 2.64. The third-order valence-corrected chi connectivity index (χ3v) is 3.00. The van der Waals surface area contributed by atoms with E-state index in [9.17, 15) is 14.0 Å². The molecule has 0 atom stereocenters. The zero-order valence-corrected chi connectivity index (χ0v) is 10.8. The molecule has 1 heterocycles. The van der Waals surface area contributed by atoms with Gasteiger partial charge in [0.05, 0.1) is 11.6 Å². The minimum atomic E-state index is -0.502. The number of piperazine rings is 1. The van der Waals surface area contributed by atoms with Gasteiger partial charge < -0.3 is 10.2 Å². The van der Waals surface area contributed by atoms with Gasteiger partial charge in [-0.25, -0.2) is 4.39 Å². The van der Waals surface area contributed by atoms with E-state index in [0.717, 1.165) is 0 Å². The molecule has 0 radical (unpaired) electrons. The van der Waals surface area contributed by atoms with Crippen LogP contribution in [0.3, 0.4) is 0 Å². The van der Waals surface area contributed by atoms with Crippen molar-refractivity contribution >= 4 is 29.5 Å². The number of carbonyl (C=O) groups excluding carboxylic acids is 2. The molecule has 0 bridgehead atoms. The number of carbonyl (C=O) groups is 2. The van der Waals surface area contributed by atoms with E-state index in [1.54, 1.807) is 6.08 Å². The van der Waals surface area contributed by atoms with Crippen LogP contribution in [0.4, 0.5) is 4.39 Å². The first-order chi connectivity index (χ1) is 9.06. The summed E-state index contributed by atoms with van der Waals surface area (Å²) in [6, 6.07) is 4.19. The minimum Gasteiger partial charge on any atom is -0.353 e. The van der Waals surface area contributed by atoms with Gasteiger partial charge in [-0.05, 0) is 23.8 Å². The van der Waals surface area contributed by atoms with Crippen molar-refractivity contribution in [2.24, 2.45) is 0 Å². The average molecular weight is 283 g/mol. The Bertz CT molecular complexity index is 545. The fourth-order valence-corrected chi connectivity index (χ4v) is 1.90. The molecule has 1 fully saturated rings. The van der Waals surface area contributed by atoms with Crippen LogP contribution >= 0.6 is 11.6 Å². The van der Waals surface area contributed by atoms with Crippen molar-refractivity contribution in [3.05, 3.63) is 40.7 Å². The van der Waals surface area contributed by atoms with Gasteiger partial charge in [0.15, 0.2) is 0 Å². The number of halogens is 2. The molecule has 0 aliphatic carbocycles. The molecule has 4 nitrogen and oxygen atoms in total. The van der Waals surface area contributed by atoms with Crippen LogP contribution < -0.4 is 5.32 Å². The summed E-state index contributed by atoms with van der Waals surface area (Å²) >= 11 is 5.64. The summed E-state index contributed by atoms with van der Waals surface area (Å²) in [4.78, 5) is 24.4. The second-order valence-corrected chi connectivity index (χ2v) is 4.52. The SMILES string of the molecule is O=C1CN(C(=O)/C=C/c2ccc(F)c(Cl)c2)CCN1. The van der Waals surface area contributed by atoms with Gasteiger partial charge in [0.25, 0.3) is 0 Å². The van der Waals surface area contributed by atoms with Gasteiger partial charge in [-0.2, -0.15) is 0 Å². The third kappa shape index (κ3) is 3.54. The summed E-state index contributed by atoms with van der Waals surface area (Å²) in [5.41, 5.74) is 0.626. The molecular weight excluding hydrogens is 271 g/mol. The number of benzene rings is 1. The number of amides is 2. The summed E-state index contributed by atoms with van der Waals surface area (Å²) in [6.07, 6.45) is 2.89. The Labute approximate surface area is 114 Å². The van der Waals surface area contributed by atoms with Gasteiger partial charge in [-0.15, -0.1) is 0 Å². The van der Waals surface area contributed by atoms with Crippen molar-refractivity contribution in [2.75, 3.05) is 19.6 Å². The van der Waals surface area contributed by atoms with Crippen LogP contribution in [0, 0.1) is 5.82 Å². The van der Waals surface area contributed by atoms with Gasteiger partial charge in [0.2, 0.25) is 11.8 Å². The molecular formula is C13H12ClFN2O2. The van der Waals surface area contributed by atoms with E-state index in [1.165, 1.54) is 29.2 Å². The first-order valence-corrected chi connectivity index (χ1v) is 6.13.